The van der Waals surface area contributed by atoms with Crippen LogP contribution in [0.15, 0.2) is 4.99 Å². The van der Waals surface area contributed by atoms with Gasteiger partial charge in [0, 0.05) is 12.0 Å². The van der Waals surface area contributed by atoms with Gasteiger partial charge in [-0.05, 0) is 12.8 Å². The lowest BCUT2D eigenvalue weighted by Crippen LogP contribution is -2.18. The van der Waals surface area contributed by atoms with Crippen molar-refractivity contribution < 1.29 is 0 Å². The largest absolute Gasteiger partial charge is 0.390 e. The zero-order chi connectivity index (χ0) is 8.60. The van der Waals surface area contributed by atoms with Gasteiger partial charge in [0.15, 0.2) is 6.19 Å². The van der Waals surface area contributed by atoms with E-state index in [9.17, 15) is 0 Å². The summed E-state index contributed by atoms with van der Waals surface area (Å²) in [5, 5.41) is 8.70. The number of rotatable bonds is 1. The molecule has 1 saturated carbocycles. The van der Waals surface area contributed by atoms with E-state index in [-0.39, 0.29) is 6.04 Å². The van der Waals surface area contributed by atoms with E-state index >= 15 is 0 Å². The van der Waals surface area contributed by atoms with Crippen molar-refractivity contribution in [2.45, 2.75) is 18.9 Å². The average Bonchev–Trinajstić information content (AvgIpc) is 2.74. The fourth-order valence-corrected chi connectivity index (χ4v) is 1.99. The number of likely N-dealkylation sites (tertiary alicyclic amines) is 1. The molecular formula is C8H12N4. The molecule has 2 rings (SSSR count). The molecule has 0 aromatic carbocycles. The van der Waals surface area contributed by atoms with E-state index in [1.165, 1.54) is 19.2 Å². The minimum absolute atomic E-state index is 0.266. The first-order valence-corrected chi connectivity index (χ1v) is 4.19. The molecule has 4 heteroatoms. The van der Waals surface area contributed by atoms with Crippen LogP contribution < -0.4 is 5.73 Å². The summed E-state index contributed by atoms with van der Waals surface area (Å²) in [6.45, 7) is 1.63. The van der Waals surface area contributed by atoms with Gasteiger partial charge < -0.3 is 10.6 Å². The summed E-state index contributed by atoms with van der Waals surface area (Å²) in [7, 11) is 0. The van der Waals surface area contributed by atoms with Crippen LogP contribution in [0.4, 0.5) is 0 Å². The number of aliphatic imine (C=N–C) groups is 1. The summed E-state index contributed by atoms with van der Waals surface area (Å²) in [6.07, 6.45) is 5.94. The number of nitrogens with two attached hydrogens (primary N) is 1. The highest BCUT2D eigenvalue weighted by atomic mass is 15.2. The lowest BCUT2D eigenvalue weighted by atomic mass is 10.0. The molecule has 0 amide bonds. The van der Waals surface area contributed by atoms with Gasteiger partial charge in [0.05, 0.1) is 18.9 Å². The van der Waals surface area contributed by atoms with Crippen LogP contribution in [0.2, 0.25) is 0 Å². The molecule has 0 aromatic heterocycles. The van der Waals surface area contributed by atoms with Gasteiger partial charge in [-0.2, -0.15) is 5.26 Å². The van der Waals surface area contributed by atoms with Crippen molar-refractivity contribution in [2.75, 3.05) is 13.1 Å². The Morgan fingerprint density at radius 2 is 2.42 bits per heavy atom. The fourth-order valence-electron chi connectivity index (χ4n) is 1.99. The van der Waals surface area contributed by atoms with Crippen molar-refractivity contribution in [2.24, 2.45) is 16.1 Å². The molecule has 0 radical (unpaired) electrons. The lowest BCUT2D eigenvalue weighted by molar-refractivity contribution is 0.443. The van der Waals surface area contributed by atoms with Gasteiger partial charge in [0.25, 0.3) is 0 Å². The molecule has 64 valence electrons. The van der Waals surface area contributed by atoms with E-state index in [0.717, 1.165) is 13.1 Å². The van der Waals surface area contributed by atoms with Gasteiger partial charge in [-0.3, -0.25) is 4.99 Å². The van der Waals surface area contributed by atoms with E-state index in [1.54, 1.807) is 4.90 Å². The Kier molecular flexibility index (Phi) is 1.47. The molecule has 1 aliphatic heterocycles. The van der Waals surface area contributed by atoms with Crippen LogP contribution in [0.5, 0.6) is 0 Å². The van der Waals surface area contributed by atoms with Crippen LogP contribution in [0, 0.1) is 16.9 Å². The second kappa shape index (κ2) is 2.37. The topological polar surface area (TPSA) is 65.4 Å². The Labute approximate surface area is 71.7 Å². The van der Waals surface area contributed by atoms with Crippen LogP contribution in [-0.4, -0.2) is 30.4 Å². The predicted molar refractivity (Wildman–Crippen MR) is 45.3 cm³/mol. The number of nitrogens with zero attached hydrogens (tertiary/aromatic N) is 3. The number of hydrogen-bond donors (Lipinski definition) is 1. The maximum absolute atomic E-state index is 8.70. The molecule has 4 nitrogen and oxygen atoms in total. The zero-order valence-electron chi connectivity index (χ0n) is 6.90. The molecule has 0 bridgehead atoms. The van der Waals surface area contributed by atoms with Gasteiger partial charge in [-0.25, -0.2) is 0 Å². The van der Waals surface area contributed by atoms with Crippen LogP contribution in [0.25, 0.3) is 0 Å². The van der Waals surface area contributed by atoms with Crippen LogP contribution >= 0.6 is 0 Å². The van der Waals surface area contributed by atoms with Crippen molar-refractivity contribution in [1.29, 1.82) is 5.26 Å². The quantitative estimate of drug-likeness (QED) is 0.335. The molecule has 1 aliphatic carbocycles. The van der Waals surface area contributed by atoms with E-state index in [2.05, 4.69) is 11.2 Å². The van der Waals surface area contributed by atoms with Gasteiger partial charge >= 0.3 is 0 Å². The smallest absolute Gasteiger partial charge is 0.179 e. The third kappa shape index (κ3) is 0.934. The SMILES string of the molecule is N#CN1CC(N=CN)C2(CC2)C1. The van der Waals surface area contributed by atoms with E-state index in [0.29, 0.717) is 5.41 Å². The van der Waals surface area contributed by atoms with E-state index in [1.807, 2.05) is 0 Å². The molecule has 2 aliphatic rings. The second-order valence-corrected chi connectivity index (χ2v) is 3.66. The molecule has 0 aromatic rings. The van der Waals surface area contributed by atoms with Crippen molar-refractivity contribution >= 4 is 6.34 Å². The molecule has 2 N–H and O–H groups in total. The Balaban J connectivity index is 2.10. The van der Waals surface area contributed by atoms with Crippen molar-refractivity contribution in [3.05, 3.63) is 0 Å². The molecule has 1 atom stereocenters. The minimum Gasteiger partial charge on any atom is -0.390 e. The van der Waals surface area contributed by atoms with Crippen molar-refractivity contribution in [3.63, 3.8) is 0 Å². The maximum atomic E-state index is 8.70. The lowest BCUT2D eigenvalue weighted by Gasteiger charge is -2.09. The van der Waals surface area contributed by atoms with E-state index < -0.39 is 0 Å². The molecule has 1 saturated heterocycles. The first-order valence-electron chi connectivity index (χ1n) is 4.19. The molecule has 1 spiro atoms. The summed E-state index contributed by atoms with van der Waals surface area (Å²) in [4.78, 5) is 5.98. The van der Waals surface area contributed by atoms with Gasteiger partial charge in [0.1, 0.15) is 0 Å². The van der Waals surface area contributed by atoms with E-state index in [4.69, 9.17) is 11.0 Å². The second-order valence-electron chi connectivity index (χ2n) is 3.66. The Morgan fingerprint density at radius 3 is 2.92 bits per heavy atom. The highest BCUT2D eigenvalue weighted by Crippen LogP contribution is 2.53. The monoisotopic (exact) mass is 164 g/mol. The molecule has 12 heavy (non-hydrogen) atoms. The summed E-state index contributed by atoms with van der Waals surface area (Å²) in [5.74, 6) is 0. The molecule has 2 fully saturated rings. The van der Waals surface area contributed by atoms with Gasteiger partial charge in [-0.1, -0.05) is 0 Å². The summed E-state index contributed by atoms with van der Waals surface area (Å²) >= 11 is 0. The third-order valence-corrected chi connectivity index (χ3v) is 2.91. The number of nitriles is 1. The maximum Gasteiger partial charge on any atom is 0.179 e. The fraction of sp³-hybridized carbons (Fsp3) is 0.750. The first kappa shape index (κ1) is 7.41. The Morgan fingerprint density at radius 1 is 1.67 bits per heavy atom. The number of hydrogen-bond acceptors (Lipinski definition) is 3. The standard InChI is InChI=1S/C8H12N4/c9-5-11-7-3-12(6-10)4-8(7)1-2-8/h5,7H,1-4H2,(H2,9,11). The van der Waals surface area contributed by atoms with Gasteiger partial charge in [0.2, 0.25) is 0 Å². The zero-order valence-corrected chi connectivity index (χ0v) is 6.90. The summed E-state index contributed by atoms with van der Waals surface area (Å²) in [6, 6.07) is 0.266. The molecule has 1 heterocycles. The van der Waals surface area contributed by atoms with Crippen molar-refractivity contribution in [1.82, 2.24) is 4.90 Å². The van der Waals surface area contributed by atoms with Crippen LogP contribution in [0.1, 0.15) is 12.8 Å². The normalized spacial score (nSPS) is 31.2. The minimum atomic E-state index is 0.266. The average molecular weight is 164 g/mol. The molecular weight excluding hydrogens is 152 g/mol. The highest BCUT2D eigenvalue weighted by molar-refractivity contribution is 5.52. The highest BCUT2D eigenvalue weighted by Gasteiger charge is 2.55. The Bertz CT molecular complexity index is 248. The third-order valence-electron chi connectivity index (χ3n) is 2.91. The van der Waals surface area contributed by atoms with Crippen LogP contribution in [-0.2, 0) is 0 Å². The van der Waals surface area contributed by atoms with Gasteiger partial charge in [-0.15, -0.1) is 0 Å². The Hall–Kier alpha value is -1.24. The summed E-state index contributed by atoms with van der Waals surface area (Å²) in [5.41, 5.74) is 5.56. The predicted octanol–water partition coefficient (Wildman–Crippen LogP) is -0.0811. The van der Waals surface area contributed by atoms with Crippen LogP contribution in [0.3, 0.4) is 0 Å². The first-order chi connectivity index (χ1) is 5.80. The molecule has 1 unspecified atom stereocenters. The summed E-state index contributed by atoms with van der Waals surface area (Å²) < 4.78 is 0. The van der Waals surface area contributed by atoms with Crippen molar-refractivity contribution in [3.8, 4) is 6.19 Å².